The van der Waals surface area contributed by atoms with E-state index in [1.54, 1.807) is 13.8 Å². The molecule has 0 aromatic carbocycles. The maximum absolute atomic E-state index is 14.9. The van der Waals surface area contributed by atoms with E-state index in [0.717, 1.165) is 17.8 Å². The summed E-state index contributed by atoms with van der Waals surface area (Å²) < 4.78 is 41.7. The number of pyridine rings is 1. The second-order valence-electron chi connectivity index (χ2n) is 7.32. The van der Waals surface area contributed by atoms with E-state index in [4.69, 9.17) is 23.5 Å². The van der Waals surface area contributed by atoms with Crippen molar-refractivity contribution in [3.63, 3.8) is 0 Å². The molecule has 1 aliphatic rings. The van der Waals surface area contributed by atoms with Gasteiger partial charge in [0.2, 0.25) is 0 Å². The molecule has 178 valence electrons. The van der Waals surface area contributed by atoms with Gasteiger partial charge in [-0.3, -0.25) is 14.4 Å². The van der Waals surface area contributed by atoms with Gasteiger partial charge in [0.1, 0.15) is 17.2 Å². The van der Waals surface area contributed by atoms with E-state index in [-0.39, 0.29) is 17.2 Å². The molecular weight excluding hydrogens is 459 g/mol. The normalized spacial score (nSPS) is 22.4. The van der Waals surface area contributed by atoms with Gasteiger partial charge in [0.15, 0.2) is 29.6 Å². The molecule has 0 N–H and O–H groups in total. The number of thioether (sulfide) groups is 1. The first kappa shape index (κ1) is 24.5. The molecule has 10 nitrogen and oxygen atoms in total. The van der Waals surface area contributed by atoms with Crippen LogP contribution < -0.4 is 4.74 Å². The molecule has 0 spiro atoms. The first-order valence-electron chi connectivity index (χ1n) is 9.95. The van der Waals surface area contributed by atoms with E-state index < -0.39 is 47.5 Å². The maximum Gasteiger partial charge on any atom is 0.303 e. The summed E-state index contributed by atoms with van der Waals surface area (Å²) in [5, 5.41) is 3.80. The minimum atomic E-state index is -1.13. The molecule has 3 heterocycles. The Morgan fingerprint density at radius 1 is 1.06 bits per heavy atom. The molecule has 3 rings (SSSR count). The number of aryl methyl sites for hydroxylation is 2. The van der Waals surface area contributed by atoms with Gasteiger partial charge in [-0.15, -0.1) is 11.8 Å². The van der Waals surface area contributed by atoms with Crippen molar-refractivity contribution in [2.45, 2.75) is 58.4 Å². The number of ether oxygens (including phenoxy) is 4. The van der Waals surface area contributed by atoms with Gasteiger partial charge < -0.3 is 23.5 Å². The predicted octanol–water partition coefficient (Wildman–Crippen LogP) is 2.74. The van der Waals surface area contributed by atoms with E-state index >= 15 is 0 Å². The highest BCUT2D eigenvalue weighted by Crippen LogP contribution is 2.35. The fourth-order valence-corrected chi connectivity index (χ4v) is 4.65. The molecule has 0 saturated carbocycles. The number of esters is 3. The van der Waals surface area contributed by atoms with Crippen LogP contribution in [-0.2, 0) is 28.6 Å². The highest BCUT2D eigenvalue weighted by Gasteiger charge is 2.47. The fraction of sp³-hybridized carbons (Fsp3) is 0.476. The Kier molecular flexibility index (Phi) is 7.57. The Morgan fingerprint density at radius 3 is 2.24 bits per heavy atom. The summed E-state index contributed by atoms with van der Waals surface area (Å²) in [6, 6.07) is 1.14. The minimum absolute atomic E-state index is 0.0548. The van der Waals surface area contributed by atoms with Gasteiger partial charge in [-0.1, -0.05) is 5.16 Å². The molecule has 4 atom stereocenters. The number of hydrogen-bond acceptors (Lipinski definition) is 11. The molecule has 2 aromatic rings. The van der Waals surface area contributed by atoms with Crippen molar-refractivity contribution in [2.24, 2.45) is 0 Å². The number of aromatic nitrogens is 2. The van der Waals surface area contributed by atoms with Crippen LogP contribution in [0.5, 0.6) is 5.75 Å². The van der Waals surface area contributed by atoms with Crippen molar-refractivity contribution in [2.75, 3.05) is 5.75 Å². The van der Waals surface area contributed by atoms with Gasteiger partial charge in [-0.25, -0.2) is 9.37 Å². The largest absolute Gasteiger partial charge is 0.474 e. The first-order valence-corrected chi connectivity index (χ1v) is 11.0. The summed E-state index contributed by atoms with van der Waals surface area (Å²) >= 11 is 1.16. The SMILES string of the molecule is CC(=O)O[C@@H]1[C@@H](OC(C)=O)[C@@H](Oc2cnc(-c3c(C)noc3C)c(F)c2)SC[C@H]1OC(C)=O. The summed E-state index contributed by atoms with van der Waals surface area (Å²) in [6.07, 6.45) is -1.78. The van der Waals surface area contributed by atoms with Crippen LogP contribution >= 0.6 is 11.8 Å². The summed E-state index contributed by atoms with van der Waals surface area (Å²) in [5.41, 5.74) is 0.101. The molecule has 0 radical (unpaired) electrons. The summed E-state index contributed by atoms with van der Waals surface area (Å²) in [6.45, 7) is 6.90. The molecule has 12 heteroatoms. The molecule has 0 bridgehead atoms. The van der Waals surface area contributed by atoms with Crippen molar-refractivity contribution >= 4 is 29.7 Å². The lowest BCUT2D eigenvalue weighted by Gasteiger charge is -2.39. The quantitative estimate of drug-likeness (QED) is 0.445. The van der Waals surface area contributed by atoms with E-state index in [1.165, 1.54) is 27.0 Å². The zero-order valence-corrected chi connectivity index (χ0v) is 19.4. The average molecular weight is 482 g/mol. The standard InChI is InChI=1S/C21H23FN2O8S/c1-9-17(10(2)32-24-9)18-15(22)6-14(7-23-18)31-21-20(30-13(5)27)19(29-12(4)26)16(8-33-21)28-11(3)25/h6-7,16,19-21H,8H2,1-5H3/t16-,19+,20-,21+/m1/s1. The van der Waals surface area contributed by atoms with Crippen molar-refractivity contribution < 1.29 is 42.2 Å². The van der Waals surface area contributed by atoms with Crippen LogP contribution in [0.4, 0.5) is 4.39 Å². The number of hydrogen-bond donors (Lipinski definition) is 0. The molecular formula is C21H23FN2O8S. The Bertz CT molecular complexity index is 1040. The monoisotopic (exact) mass is 482 g/mol. The molecule has 0 unspecified atom stereocenters. The van der Waals surface area contributed by atoms with E-state index in [0.29, 0.717) is 17.0 Å². The molecule has 0 aliphatic carbocycles. The van der Waals surface area contributed by atoms with E-state index in [9.17, 15) is 18.8 Å². The van der Waals surface area contributed by atoms with Gasteiger partial charge in [0.25, 0.3) is 0 Å². The predicted molar refractivity (Wildman–Crippen MR) is 113 cm³/mol. The third kappa shape index (κ3) is 5.81. The number of nitrogens with zero attached hydrogens (tertiary/aromatic N) is 2. The lowest BCUT2D eigenvalue weighted by Crippen LogP contribution is -2.55. The van der Waals surface area contributed by atoms with Crippen LogP contribution in [0, 0.1) is 19.7 Å². The Morgan fingerprint density at radius 2 is 1.70 bits per heavy atom. The van der Waals surface area contributed by atoms with Crippen LogP contribution in [0.15, 0.2) is 16.8 Å². The zero-order chi connectivity index (χ0) is 24.3. The van der Waals surface area contributed by atoms with Crippen molar-refractivity contribution in [3.8, 4) is 17.0 Å². The van der Waals surface area contributed by atoms with Gasteiger partial charge in [-0.05, 0) is 13.8 Å². The minimum Gasteiger partial charge on any atom is -0.474 e. The van der Waals surface area contributed by atoms with E-state index in [1.807, 2.05) is 0 Å². The summed E-state index contributed by atoms with van der Waals surface area (Å²) in [5.74, 6) is -1.89. The Balaban J connectivity index is 1.87. The highest BCUT2D eigenvalue weighted by atomic mass is 32.2. The van der Waals surface area contributed by atoms with Crippen molar-refractivity contribution in [3.05, 3.63) is 29.5 Å². The van der Waals surface area contributed by atoms with Crippen molar-refractivity contribution in [1.82, 2.24) is 10.1 Å². The second kappa shape index (κ2) is 10.2. The smallest absolute Gasteiger partial charge is 0.303 e. The highest BCUT2D eigenvalue weighted by molar-refractivity contribution is 7.99. The van der Waals surface area contributed by atoms with Gasteiger partial charge in [0.05, 0.1) is 17.5 Å². The molecule has 1 aliphatic heterocycles. The second-order valence-corrected chi connectivity index (χ2v) is 8.45. The first-order chi connectivity index (χ1) is 15.6. The maximum atomic E-state index is 14.9. The summed E-state index contributed by atoms with van der Waals surface area (Å²) in [7, 11) is 0. The van der Waals surface area contributed by atoms with Crippen LogP contribution in [-0.4, -0.2) is 57.5 Å². The zero-order valence-electron chi connectivity index (χ0n) is 18.6. The number of carbonyl (C=O) groups is 3. The number of carbonyl (C=O) groups excluding carboxylic acids is 3. The van der Waals surface area contributed by atoms with Gasteiger partial charge in [-0.2, -0.15) is 0 Å². The number of halogens is 1. The molecule has 1 saturated heterocycles. The molecule has 1 fully saturated rings. The van der Waals surface area contributed by atoms with Crippen LogP contribution in [0.1, 0.15) is 32.2 Å². The van der Waals surface area contributed by atoms with Gasteiger partial charge in [0, 0.05) is 32.6 Å². The molecule has 2 aromatic heterocycles. The fourth-order valence-electron chi connectivity index (χ4n) is 3.43. The number of rotatable bonds is 6. The molecule has 0 amide bonds. The van der Waals surface area contributed by atoms with Crippen molar-refractivity contribution in [1.29, 1.82) is 0 Å². The topological polar surface area (TPSA) is 127 Å². The third-order valence-corrected chi connectivity index (χ3v) is 5.86. The lowest BCUT2D eigenvalue weighted by atomic mass is 10.1. The Hall–Kier alpha value is -3.15. The molecule has 33 heavy (non-hydrogen) atoms. The third-order valence-electron chi connectivity index (χ3n) is 4.64. The summed E-state index contributed by atoms with van der Waals surface area (Å²) in [4.78, 5) is 39.0. The van der Waals surface area contributed by atoms with Crippen LogP contribution in [0.25, 0.3) is 11.3 Å². The Labute approximate surface area is 193 Å². The lowest BCUT2D eigenvalue weighted by molar-refractivity contribution is -0.186. The van der Waals surface area contributed by atoms with Gasteiger partial charge >= 0.3 is 17.9 Å². The van der Waals surface area contributed by atoms with Crippen LogP contribution in [0.2, 0.25) is 0 Å². The average Bonchev–Trinajstić information content (AvgIpc) is 3.04. The van der Waals surface area contributed by atoms with E-state index in [2.05, 4.69) is 10.1 Å². The van der Waals surface area contributed by atoms with Crippen LogP contribution in [0.3, 0.4) is 0 Å².